The van der Waals surface area contributed by atoms with Crippen molar-refractivity contribution in [3.63, 3.8) is 0 Å². The predicted molar refractivity (Wildman–Crippen MR) is 110 cm³/mol. The van der Waals surface area contributed by atoms with Crippen molar-refractivity contribution < 1.29 is 19.7 Å². The lowest BCUT2D eigenvalue weighted by molar-refractivity contribution is -0.138. The van der Waals surface area contributed by atoms with Crippen molar-refractivity contribution in [3.05, 3.63) is 23.4 Å². The summed E-state index contributed by atoms with van der Waals surface area (Å²) in [6.07, 6.45) is 8.30. The molecule has 7 nitrogen and oxygen atoms in total. The first-order valence-electron chi connectivity index (χ1n) is 10.7. The van der Waals surface area contributed by atoms with Crippen molar-refractivity contribution in [2.45, 2.75) is 51.6 Å². The second-order valence-electron chi connectivity index (χ2n) is 9.31. The van der Waals surface area contributed by atoms with Gasteiger partial charge in [0.25, 0.3) is 0 Å². The molecule has 2 spiro atoms. The Morgan fingerprint density at radius 1 is 1.45 bits per heavy atom. The van der Waals surface area contributed by atoms with Crippen LogP contribution in [-0.4, -0.2) is 59.4 Å². The fourth-order valence-electron chi connectivity index (χ4n) is 7.20. The van der Waals surface area contributed by atoms with Gasteiger partial charge in [0.05, 0.1) is 12.2 Å². The average Bonchev–Trinajstić information content (AvgIpc) is 3.03. The number of ether oxygens (including phenoxy) is 1. The van der Waals surface area contributed by atoms with Crippen LogP contribution < -0.4 is 5.73 Å². The van der Waals surface area contributed by atoms with Gasteiger partial charge in [0.1, 0.15) is 5.60 Å². The average molecular weight is 404 g/mol. The minimum absolute atomic E-state index is 0.0297. The Kier molecular flexibility index (Phi) is 4.82. The quantitative estimate of drug-likeness (QED) is 0.490. The fourth-order valence-corrected chi connectivity index (χ4v) is 7.20. The van der Waals surface area contributed by atoms with Gasteiger partial charge in [0.15, 0.2) is 5.96 Å². The number of carboxylic acid groups (broad SMARTS) is 1. The van der Waals surface area contributed by atoms with E-state index in [4.69, 9.17) is 10.5 Å². The van der Waals surface area contributed by atoms with Crippen LogP contribution in [-0.2, 0) is 9.53 Å². The maximum atomic E-state index is 12.4. The van der Waals surface area contributed by atoms with Crippen LogP contribution in [0.3, 0.4) is 0 Å². The number of nitrogens with two attached hydrogens (primary N) is 1. The number of hydrogen-bond acceptors (Lipinski definition) is 4. The molecule has 160 valence electrons. The van der Waals surface area contributed by atoms with Gasteiger partial charge in [-0.1, -0.05) is 13.0 Å². The number of hydrogen-bond donors (Lipinski definition) is 3. The zero-order chi connectivity index (χ0) is 21.0. The molecule has 0 aromatic rings. The molecule has 3 aliphatic carbocycles. The monoisotopic (exact) mass is 403 g/mol. The minimum Gasteiger partial charge on any atom is -0.478 e. The van der Waals surface area contributed by atoms with E-state index in [1.807, 2.05) is 18.0 Å². The number of rotatable bonds is 4. The van der Waals surface area contributed by atoms with E-state index in [9.17, 15) is 15.0 Å². The van der Waals surface area contributed by atoms with Crippen LogP contribution in [0.4, 0.5) is 0 Å². The van der Waals surface area contributed by atoms with E-state index in [0.717, 1.165) is 31.3 Å². The molecule has 4 aliphatic rings. The highest BCUT2D eigenvalue weighted by Gasteiger charge is 2.72. The van der Waals surface area contributed by atoms with E-state index in [2.05, 4.69) is 18.0 Å². The Morgan fingerprint density at radius 3 is 2.86 bits per heavy atom. The number of nitrogens with zero attached hydrogens (tertiary/aromatic N) is 2. The summed E-state index contributed by atoms with van der Waals surface area (Å²) in [5, 5.41) is 21.7. The third kappa shape index (κ3) is 2.56. The van der Waals surface area contributed by atoms with Crippen molar-refractivity contribution in [3.8, 4) is 0 Å². The molecule has 0 radical (unpaired) electrons. The Bertz CT molecular complexity index is 806. The molecule has 2 saturated carbocycles. The fraction of sp³-hybridized carbons (Fsp3) is 0.727. The Morgan fingerprint density at radius 2 is 2.21 bits per heavy atom. The van der Waals surface area contributed by atoms with Crippen LogP contribution in [0.5, 0.6) is 0 Å². The summed E-state index contributed by atoms with van der Waals surface area (Å²) in [4.78, 5) is 18.5. The number of aliphatic carboxylic acids is 1. The summed E-state index contributed by atoms with van der Waals surface area (Å²) >= 11 is 0. The van der Waals surface area contributed by atoms with Gasteiger partial charge in [-0.05, 0) is 56.4 Å². The zero-order valence-electron chi connectivity index (χ0n) is 17.6. The first kappa shape index (κ1) is 20.4. The van der Waals surface area contributed by atoms with Gasteiger partial charge in [0.2, 0.25) is 0 Å². The number of allylic oxidation sites excluding steroid dienone is 2. The molecule has 2 bridgehead atoms. The second kappa shape index (κ2) is 6.84. The molecule has 4 rings (SSSR count). The van der Waals surface area contributed by atoms with Crippen molar-refractivity contribution in [2.75, 3.05) is 26.8 Å². The SMILES string of the molecule is CCOC[C@]1(O)C[C@@]23C(=C1C(=O)O)C[C@@H](CC[C@H]2C)[C@]31CC=CN(C(N)=NC)C1. The van der Waals surface area contributed by atoms with Gasteiger partial charge in [-0.15, -0.1) is 0 Å². The summed E-state index contributed by atoms with van der Waals surface area (Å²) in [5.74, 6) is 0.138. The molecule has 4 N–H and O–H groups in total. The Labute approximate surface area is 172 Å². The Hall–Kier alpha value is -1.86. The van der Waals surface area contributed by atoms with Gasteiger partial charge < -0.3 is 25.6 Å². The lowest BCUT2D eigenvalue weighted by atomic mass is 9.49. The smallest absolute Gasteiger partial charge is 0.334 e. The third-order valence-electron chi connectivity index (χ3n) is 8.29. The number of carboxylic acids is 1. The molecule has 29 heavy (non-hydrogen) atoms. The molecule has 0 aromatic heterocycles. The van der Waals surface area contributed by atoms with Crippen LogP contribution in [0.15, 0.2) is 28.4 Å². The molecule has 1 heterocycles. The molecule has 0 unspecified atom stereocenters. The van der Waals surface area contributed by atoms with Crippen molar-refractivity contribution in [2.24, 2.45) is 33.4 Å². The highest BCUT2D eigenvalue weighted by atomic mass is 16.5. The number of aliphatic hydroxyl groups is 1. The van der Waals surface area contributed by atoms with Crippen LogP contribution in [0.25, 0.3) is 0 Å². The molecule has 2 fully saturated rings. The van der Waals surface area contributed by atoms with Gasteiger partial charge >= 0.3 is 5.97 Å². The molecular weight excluding hydrogens is 370 g/mol. The van der Waals surface area contributed by atoms with Gasteiger partial charge in [-0.25, -0.2) is 4.79 Å². The lowest BCUT2D eigenvalue weighted by Crippen LogP contribution is -2.58. The summed E-state index contributed by atoms with van der Waals surface area (Å²) in [6, 6.07) is 0. The largest absolute Gasteiger partial charge is 0.478 e. The normalized spacial score (nSPS) is 41.4. The molecule has 5 atom stereocenters. The Balaban J connectivity index is 1.88. The third-order valence-corrected chi connectivity index (χ3v) is 8.29. The predicted octanol–water partition coefficient (Wildman–Crippen LogP) is 2.13. The van der Waals surface area contributed by atoms with Crippen LogP contribution in [0.2, 0.25) is 0 Å². The van der Waals surface area contributed by atoms with Crippen LogP contribution >= 0.6 is 0 Å². The summed E-state index contributed by atoms with van der Waals surface area (Å²) < 4.78 is 5.58. The molecular formula is C22H33N3O4. The van der Waals surface area contributed by atoms with E-state index in [0.29, 0.717) is 31.4 Å². The number of guanidine groups is 1. The van der Waals surface area contributed by atoms with Crippen molar-refractivity contribution in [1.29, 1.82) is 0 Å². The van der Waals surface area contributed by atoms with Crippen molar-refractivity contribution >= 4 is 11.9 Å². The molecule has 0 saturated heterocycles. The lowest BCUT2D eigenvalue weighted by Gasteiger charge is -2.58. The molecule has 0 amide bonds. The standard InChI is InChI=1S/C22H33N3O4/c1-4-29-13-21(28)11-22-14(2)6-7-15(10-16(22)17(21)18(26)27)20(22)8-5-9-25(12-20)19(23)24-3/h5,9,14-15,28H,4,6-8,10-13H2,1-3H3,(H2,23,24)(H,26,27)/t14-,15-,20-,21-,22+/m1/s1. The summed E-state index contributed by atoms with van der Waals surface area (Å²) in [6.45, 7) is 5.28. The first-order chi connectivity index (χ1) is 13.8. The van der Waals surface area contributed by atoms with Crippen LogP contribution in [0, 0.1) is 22.7 Å². The minimum atomic E-state index is -1.45. The first-order valence-corrected chi connectivity index (χ1v) is 10.7. The highest BCUT2D eigenvalue weighted by molar-refractivity contribution is 5.92. The molecule has 1 aliphatic heterocycles. The van der Waals surface area contributed by atoms with E-state index in [1.165, 1.54) is 0 Å². The molecule has 7 heteroatoms. The van der Waals surface area contributed by atoms with E-state index in [1.54, 1.807) is 7.05 Å². The topological polar surface area (TPSA) is 108 Å². The molecule has 0 aromatic carbocycles. The van der Waals surface area contributed by atoms with Gasteiger partial charge in [-0.3, -0.25) is 4.99 Å². The van der Waals surface area contributed by atoms with Gasteiger partial charge in [0, 0.05) is 37.2 Å². The second-order valence-corrected chi connectivity index (χ2v) is 9.31. The number of aliphatic imine (C=N–C) groups is 1. The maximum absolute atomic E-state index is 12.4. The highest BCUT2D eigenvalue weighted by Crippen LogP contribution is 2.76. The van der Waals surface area contributed by atoms with Gasteiger partial charge in [-0.2, -0.15) is 0 Å². The zero-order valence-corrected chi connectivity index (χ0v) is 17.6. The summed E-state index contributed by atoms with van der Waals surface area (Å²) in [7, 11) is 1.69. The van der Waals surface area contributed by atoms with Crippen LogP contribution in [0.1, 0.15) is 46.0 Å². The van der Waals surface area contributed by atoms with E-state index >= 15 is 0 Å². The van der Waals surface area contributed by atoms with Crippen molar-refractivity contribution in [1.82, 2.24) is 4.90 Å². The summed E-state index contributed by atoms with van der Waals surface area (Å²) in [5.41, 5.74) is 5.37. The number of carbonyl (C=O) groups is 1. The van der Waals surface area contributed by atoms with E-state index in [-0.39, 0.29) is 28.9 Å². The van der Waals surface area contributed by atoms with E-state index < -0.39 is 11.6 Å². The maximum Gasteiger partial charge on any atom is 0.334 e.